The highest BCUT2D eigenvalue weighted by Gasteiger charge is 2.36. The van der Waals surface area contributed by atoms with Crippen molar-refractivity contribution in [3.8, 4) is 0 Å². The summed E-state index contributed by atoms with van der Waals surface area (Å²) in [4.78, 5) is 0. The summed E-state index contributed by atoms with van der Waals surface area (Å²) in [5, 5.41) is 31.4. The van der Waals surface area contributed by atoms with Crippen molar-refractivity contribution in [2.45, 2.75) is 38.9 Å². The molecule has 112 valence electrons. The first-order chi connectivity index (χ1) is 9.06. The third-order valence-corrected chi connectivity index (χ3v) is 2.90. The van der Waals surface area contributed by atoms with Gasteiger partial charge in [-0.2, -0.15) is 0 Å². The summed E-state index contributed by atoms with van der Waals surface area (Å²) < 4.78 is 5.57. The number of aliphatic hydroxyl groups is 1. The highest BCUT2D eigenvalue weighted by molar-refractivity contribution is 6.30. The van der Waals surface area contributed by atoms with Crippen LogP contribution < -0.4 is 0 Å². The Hall–Kier alpha value is -1.34. The Kier molecular flexibility index (Phi) is 7.53. The molecule has 20 heavy (non-hydrogen) atoms. The molecule has 0 unspecified atom stereocenters. The zero-order valence-corrected chi connectivity index (χ0v) is 12.3. The van der Waals surface area contributed by atoms with Gasteiger partial charge in [-0.1, -0.05) is 30.3 Å². The van der Waals surface area contributed by atoms with Crippen LogP contribution in [0.25, 0.3) is 6.08 Å². The summed E-state index contributed by atoms with van der Waals surface area (Å²) in [5.41, 5.74) is -0.416. The number of hydrogen-bond acceptors (Lipinski definition) is 5. The molecular formula is C14H23BO5. The molecule has 1 aromatic carbocycles. The molecule has 1 aromatic rings. The van der Waals surface area contributed by atoms with Crippen LogP contribution in [0.2, 0.25) is 0 Å². The molecule has 0 radical (unpaired) electrons. The van der Waals surface area contributed by atoms with Gasteiger partial charge in [0.25, 0.3) is 0 Å². The summed E-state index contributed by atoms with van der Waals surface area (Å²) in [6.45, 7) is 7.21. The Bertz CT molecular complexity index is 393. The molecule has 4 N–H and O–H groups in total. The van der Waals surface area contributed by atoms with Crippen LogP contribution in [0.3, 0.4) is 0 Å². The second-order valence-corrected chi connectivity index (χ2v) is 5.25. The summed E-state index contributed by atoms with van der Waals surface area (Å²) in [7, 11) is -2.17. The van der Waals surface area contributed by atoms with E-state index in [0.29, 0.717) is 0 Å². The molecule has 0 bridgehead atoms. The molecule has 1 rings (SSSR count). The predicted molar refractivity (Wildman–Crippen MR) is 79.3 cm³/mol. The van der Waals surface area contributed by atoms with Crippen molar-refractivity contribution in [2.24, 2.45) is 0 Å². The van der Waals surface area contributed by atoms with Crippen LogP contribution in [0.15, 0.2) is 36.6 Å². The molecule has 0 atom stereocenters. The van der Waals surface area contributed by atoms with Crippen molar-refractivity contribution in [1.29, 1.82) is 0 Å². The lowest BCUT2D eigenvalue weighted by Crippen LogP contribution is -2.46. The van der Waals surface area contributed by atoms with E-state index >= 15 is 0 Å². The Morgan fingerprint density at radius 3 is 1.85 bits per heavy atom. The highest BCUT2D eigenvalue weighted by Crippen LogP contribution is 2.25. The summed E-state index contributed by atoms with van der Waals surface area (Å²) in [6, 6.07) is 9.91. The van der Waals surface area contributed by atoms with Crippen LogP contribution >= 0.6 is 0 Å². The zero-order chi connectivity index (χ0) is 15.8. The Labute approximate surface area is 120 Å². The van der Waals surface area contributed by atoms with Gasteiger partial charge in [0.1, 0.15) is 5.60 Å². The molecule has 0 aliphatic carbocycles. The van der Waals surface area contributed by atoms with E-state index in [1.165, 1.54) is 0 Å². The van der Waals surface area contributed by atoms with Gasteiger partial charge in [-0.15, -0.1) is 0 Å². The van der Waals surface area contributed by atoms with E-state index in [-0.39, 0.29) is 0 Å². The lowest BCUT2D eigenvalue weighted by atomic mass is 9.90. The first kappa shape index (κ1) is 18.7. The van der Waals surface area contributed by atoms with E-state index in [4.69, 9.17) is 19.8 Å². The fraction of sp³-hybridized carbons (Fsp3) is 0.429. The zero-order valence-electron chi connectivity index (χ0n) is 12.3. The van der Waals surface area contributed by atoms with E-state index in [0.717, 1.165) is 5.56 Å². The quantitative estimate of drug-likeness (QED) is 0.491. The maximum atomic E-state index is 9.88. The molecule has 0 fully saturated rings. The number of benzene rings is 1. The van der Waals surface area contributed by atoms with Crippen LogP contribution in [0.1, 0.15) is 33.3 Å². The maximum absolute atomic E-state index is 9.88. The van der Waals surface area contributed by atoms with E-state index in [1.54, 1.807) is 20.1 Å². The summed E-state index contributed by atoms with van der Waals surface area (Å²) >= 11 is 0. The second kappa shape index (κ2) is 8.06. The average Bonchev–Trinajstić information content (AvgIpc) is 2.28. The van der Waals surface area contributed by atoms with Crippen molar-refractivity contribution < 1.29 is 24.9 Å². The smallest absolute Gasteiger partial charge is 0.492 e. The minimum atomic E-state index is -2.17. The van der Waals surface area contributed by atoms with Crippen LogP contribution in [0.4, 0.5) is 0 Å². The van der Waals surface area contributed by atoms with Crippen molar-refractivity contribution in [3.05, 3.63) is 42.2 Å². The van der Waals surface area contributed by atoms with Gasteiger partial charge < -0.3 is 24.9 Å². The van der Waals surface area contributed by atoms with Crippen molar-refractivity contribution in [3.63, 3.8) is 0 Å². The third kappa shape index (κ3) is 7.96. The predicted octanol–water partition coefficient (Wildman–Crippen LogP) is 1.17. The first-order valence-electron chi connectivity index (χ1n) is 6.22. The molecule has 5 nitrogen and oxygen atoms in total. The molecule has 0 spiro atoms. The van der Waals surface area contributed by atoms with Gasteiger partial charge in [0.15, 0.2) is 0 Å². The highest BCUT2D eigenvalue weighted by atomic mass is 16.5. The van der Waals surface area contributed by atoms with Crippen LogP contribution in [-0.2, 0) is 4.74 Å². The van der Waals surface area contributed by atoms with Crippen LogP contribution in [-0.4, -0.2) is 38.7 Å². The average molecular weight is 282 g/mol. The largest absolute Gasteiger partial charge is 0.631 e. The summed E-state index contributed by atoms with van der Waals surface area (Å²) in [5.74, 6) is 0. The van der Waals surface area contributed by atoms with Crippen molar-refractivity contribution >= 4 is 13.4 Å². The minimum Gasteiger partial charge on any atom is -0.492 e. The monoisotopic (exact) mass is 282 g/mol. The normalized spacial score (nSPS) is 11.8. The summed E-state index contributed by atoms with van der Waals surface area (Å²) in [6.07, 6.45) is 3.51. The lowest BCUT2D eigenvalue weighted by molar-refractivity contribution is -0.113. The fourth-order valence-electron chi connectivity index (χ4n) is 0.991. The third-order valence-electron chi connectivity index (χ3n) is 2.90. The Morgan fingerprint density at radius 1 is 1.00 bits per heavy atom. The Morgan fingerprint density at radius 2 is 1.45 bits per heavy atom. The minimum absolute atomic E-state index is 0.613. The van der Waals surface area contributed by atoms with Crippen molar-refractivity contribution in [2.75, 3.05) is 0 Å². The van der Waals surface area contributed by atoms with Gasteiger partial charge in [0, 0.05) is 0 Å². The van der Waals surface area contributed by atoms with E-state index in [2.05, 4.69) is 0 Å². The van der Waals surface area contributed by atoms with Gasteiger partial charge in [0.05, 0.1) is 11.9 Å². The van der Waals surface area contributed by atoms with Gasteiger partial charge in [-0.25, -0.2) is 0 Å². The molecule has 0 aliphatic heterocycles. The van der Waals surface area contributed by atoms with Crippen LogP contribution in [0, 0.1) is 0 Å². The van der Waals surface area contributed by atoms with Gasteiger partial charge in [-0.05, 0) is 39.3 Å². The standard InChI is InChI=1S/C14H20O2.BH3O3/c1-13(2,15)14(3,4)16-11-10-12-8-6-5-7-9-12;2-1(3)4/h5-11,15H,1-4H3;2-4H. The molecule has 0 aliphatic rings. The SMILES string of the molecule is CC(C)(O)C(C)(C)OC=Cc1ccccc1.OB(O)O. The first-order valence-corrected chi connectivity index (χ1v) is 6.22. The second-order valence-electron chi connectivity index (χ2n) is 5.25. The van der Waals surface area contributed by atoms with Gasteiger partial charge in [-0.3, -0.25) is 0 Å². The van der Waals surface area contributed by atoms with Gasteiger partial charge >= 0.3 is 7.32 Å². The molecule has 0 amide bonds. The molecule has 0 saturated carbocycles. The number of rotatable bonds is 4. The van der Waals surface area contributed by atoms with Crippen molar-refractivity contribution in [1.82, 2.24) is 0 Å². The molecule has 0 heterocycles. The fourth-order valence-corrected chi connectivity index (χ4v) is 0.991. The Balaban J connectivity index is 0.000000796. The topological polar surface area (TPSA) is 90.2 Å². The number of ether oxygens (including phenoxy) is 1. The van der Waals surface area contributed by atoms with Gasteiger partial charge in [0.2, 0.25) is 0 Å². The molecule has 6 heteroatoms. The van der Waals surface area contributed by atoms with Crippen LogP contribution in [0.5, 0.6) is 0 Å². The van der Waals surface area contributed by atoms with E-state index in [9.17, 15) is 5.11 Å². The molecule has 0 saturated heterocycles. The number of hydrogen-bond donors (Lipinski definition) is 4. The maximum Gasteiger partial charge on any atom is 0.631 e. The molecule has 0 aromatic heterocycles. The van der Waals surface area contributed by atoms with E-state index < -0.39 is 18.5 Å². The molecular weight excluding hydrogens is 259 g/mol. The van der Waals surface area contributed by atoms with E-state index in [1.807, 2.05) is 50.3 Å². The lowest BCUT2D eigenvalue weighted by Gasteiger charge is -2.36.